The first-order valence-electron chi connectivity index (χ1n) is 5.91. The van der Waals surface area contributed by atoms with Crippen LogP contribution in [-0.4, -0.2) is 19.7 Å². The molecule has 2 N–H and O–H groups in total. The molecule has 5 heteroatoms. The van der Waals surface area contributed by atoms with Crippen molar-refractivity contribution in [3.05, 3.63) is 23.8 Å². The summed E-state index contributed by atoms with van der Waals surface area (Å²) in [4.78, 5) is 11.9. The Morgan fingerprint density at radius 1 is 1.47 bits per heavy atom. The van der Waals surface area contributed by atoms with Crippen LogP contribution < -0.4 is 10.5 Å². The van der Waals surface area contributed by atoms with Gasteiger partial charge in [0.05, 0.1) is 25.2 Å². The molecule has 0 aliphatic carbocycles. The third-order valence-corrected chi connectivity index (χ3v) is 2.71. The van der Waals surface area contributed by atoms with E-state index in [2.05, 4.69) is 6.07 Å². The van der Waals surface area contributed by atoms with Crippen molar-refractivity contribution in [1.82, 2.24) is 0 Å². The Morgan fingerprint density at radius 2 is 2.16 bits per heavy atom. The van der Waals surface area contributed by atoms with Gasteiger partial charge in [0.25, 0.3) is 0 Å². The van der Waals surface area contributed by atoms with Crippen LogP contribution in [0.2, 0.25) is 0 Å². The molecule has 5 nitrogen and oxygen atoms in total. The Bertz CT molecular complexity index is 504. The molecule has 0 radical (unpaired) electrons. The number of hydrogen-bond donors (Lipinski definition) is 1. The maximum Gasteiger partial charge on any atom is 0.341 e. The fraction of sp³-hybridized carbons (Fsp3) is 0.429. The van der Waals surface area contributed by atoms with Crippen LogP contribution in [0, 0.1) is 16.7 Å². The van der Waals surface area contributed by atoms with Gasteiger partial charge in [-0.2, -0.15) is 5.26 Å². The number of ether oxygens (including phenoxy) is 2. The van der Waals surface area contributed by atoms with Crippen molar-refractivity contribution in [2.45, 2.75) is 20.3 Å². The summed E-state index contributed by atoms with van der Waals surface area (Å²) < 4.78 is 10.2. The molecular formula is C14H18N2O3. The number of nitriles is 1. The fourth-order valence-corrected chi connectivity index (χ4v) is 1.42. The molecule has 0 heterocycles. The van der Waals surface area contributed by atoms with E-state index >= 15 is 0 Å². The van der Waals surface area contributed by atoms with Gasteiger partial charge < -0.3 is 15.2 Å². The molecular weight excluding hydrogens is 244 g/mol. The highest BCUT2D eigenvalue weighted by Crippen LogP contribution is 2.23. The highest BCUT2D eigenvalue weighted by atomic mass is 16.5. The van der Waals surface area contributed by atoms with Gasteiger partial charge in [-0.1, -0.05) is 0 Å². The number of anilines is 1. The predicted molar refractivity (Wildman–Crippen MR) is 71.7 cm³/mol. The van der Waals surface area contributed by atoms with Crippen molar-refractivity contribution in [3.8, 4) is 11.8 Å². The van der Waals surface area contributed by atoms with Crippen molar-refractivity contribution >= 4 is 11.7 Å². The number of carbonyl (C=O) groups is 1. The van der Waals surface area contributed by atoms with Gasteiger partial charge in [0.15, 0.2) is 0 Å². The van der Waals surface area contributed by atoms with Gasteiger partial charge in [0, 0.05) is 5.69 Å². The monoisotopic (exact) mass is 262 g/mol. The molecule has 0 aromatic heterocycles. The summed E-state index contributed by atoms with van der Waals surface area (Å²) in [6, 6.07) is 6.92. The maximum absolute atomic E-state index is 11.9. The van der Waals surface area contributed by atoms with E-state index in [-0.39, 0.29) is 12.2 Å². The third kappa shape index (κ3) is 4.18. The quantitative estimate of drug-likeness (QED) is 0.650. The Kier molecular flexibility index (Phi) is 4.76. The molecule has 102 valence electrons. The minimum absolute atomic E-state index is 0.178. The predicted octanol–water partition coefficient (Wildman–Crippen LogP) is 2.37. The second kappa shape index (κ2) is 6.10. The molecule has 0 saturated heterocycles. The number of benzene rings is 1. The lowest BCUT2D eigenvalue weighted by molar-refractivity contribution is 0.0471. The number of nitrogens with two attached hydrogens (primary N) is 1. The Morgan fingerprint density at radius 3 is 2.74 bits per heavy atom. The van der Waals surface area contributed by atoms with Crippen molar-refractivity contribution in [2.75, 3.05) is 19.5 Å². The zero-order chi connectivity index (χ0) is 14.5. The fourth-order valence-electron chi connectivity index (χ4n) is 1.42. The summed E-state index contributed by atoms with van der Waals surface area (Å²) in [5.41, 5.74) is 5.87. The number of rotatable bonds is 5. The first-order valence-corrected chi connectivity index (χ1v) is 5.91. The number of nitrogen functional groups attached to an aromatic ring is 1. The van der Waals surface area contributed by atoms with Gasteiger partial charge in [-0.05, 0) is 38.5 Å². The largest absolute Gasteiger partial charge is 0.496 e. The summed E-state index contributed by atoms with van der Waals surface area (Å²) in [5.74, 6) is -0.0865. The summed E-state index contributed by atoms with van der Waals surface area (Å²) in [6.07, 6.45) is 0.472. The van der Waals surface area contributed by atoms with Crippen LogP contribution >= 0.6 is 0 Å². The molecule has 0 aliphatic heterocycles. The number of hydrogen-bond acceptors (Lipinski definition) is 5. The lowest BCUT2D eigenvalue weighted by Crippen LogP contribution is -2.15. The van der Waals surface area contributed by atoms with Crippen LogP contribution in [0.25, 0.3) is 0 Å². The third-order valence-electron chi connectivity index (χ3n) is 2.71. The van der Waals surface area contributed by atoms with Crippen LogP contribution in [0.5, 0.6) is 5.75 Å². The number of carbonyl (C=O) groups excluding carboxylic acids is 1. The van der Waals surface area contributed by atoms with Gasteiger partial charge >= 0.3 is 5.97 Å². The molecule has 0 fully saturated rings. The molecule has 19 heavy (non-hydrogen) atoms. The van der Waals surface area contributed by atoms with Gasteiger partial charge in [-0.25, -0.2) is 4.79 Å². The minimum atomic E-state index is -0.514. The van der Waals surface area contributed by atoms with E-state index in [1.807, 2.05) is 0 Å². The van der Waals surface area contributed by atoms with Crippen LogP contribution in [-0.2, 0) is 4.74 Å². The molecule has 0 spiro atoms. The molecule has 0 atom stereocenters. The van der Waals surface area contributed by atoms with Crippen molar-refractivity contribution < 1.29 is 14.3 Å². The highest BCUT2D eigenvalue weighted by molar-refractivity contribution is 5.93. The summed E-state index contributed by atoms with van der Waals surface area (Å²) in [6.45, 7) is 3.77. The van der Waals surface area contributed by atoms with Crippen LogP contribution in [0.1, 0.15) is 30.6 Å². The average Bonchev–Trinajstić information content (AvgIpc) is 2.38. The maximum atomic E-state index is 11.9. The second-order valence-corrected chi connectivity index (χ2v) is 4.84. The van der Waals surface area contributed by atoms with Gasteiger partial charge in [-0.15, -0.1) is 0 Å². The number of methoxy groups -OCH3 is 1. The van der Waals surface area contributed by atoms with Crippen molar-refractivity contribution in [2.24, 2.45) is 5.41 Å². The van der Waals surface area contributed by atoms with Gasteiger partial charge in [0.1, 0.15) is 11.3 Å². The van der Waals surface area contributed by atoms with Gasteiger partial charge in [-0.3, -0.25) is 0 Å². The Hall–Kier alpha value is -2.22. The molecule has 0 bridgehead atoms. The van der Waals surface area contributed by atoms with E-state index in [9.17, 15) is 4.79 Å². The van der Waals surface area contributed by atoms with Crippen molar-refractivity contribution in [3.63, 3.8) is 0 Å². The van der Waals surface area contributed by atoms with E-state index < -0.39 is 11.4 Å². The first kappa shape index (κ1) is 14.8. The smallest absolute Gasteiger partial charge is 0.341 e. The Balaban J connectivity index is 2.69. The van der Waals surface area contributed by atoms with Gasteiger partial charge in [0.2, 0.25) is 0 Å². The molecule has 0 saturated carbocycles. The molecule has 1 aromatic carbocycles. The standard InChI is InChI=1S/C14H18N2O3/c1-14(2,9-15)6-7-19-13(17)11-8-10(16)4-5-12(11)18-3/h4-5,8H,6-7,16H2,1-3H3. The van der Waals surface area contributed by atoms with Crippen LogP contribution in [0.15, 0.2) is 18.2 Å². The van der Waals surface area contributed by atoms with Crippen LogP contribution in [0.4, 0.5) is 5.69 Å². The summed E-state index contributed by atoms with van der Waals surface area (Å²) in [5, 5.41) is 8.87. The average molecular weight is 262 g/mol. The SMILES string of the molecule is COc1ccc(N)cc1C(=O)OCCC(C)(C)C#N. The molecule has 1 rings (SSSR count). The van der Waals surface area contributed by atoms with E-state index in [1.165, 1.54) is 13.2 Å². The molecule has 0 amide bonds. The second-order valence-electron chi connectivity index (χ2n) is 4.84. The lowest BCUT2D eigenvalue weighted by Gasteiger charge is -2.15. The topological polar surface area (TPSA) is 85.3 Å². The number of nitrogens with zero attached hydrogens (tertiary/aromatic N) is 1. The summed E-state index contributed by atoms with van der Waals surface area (Å²) >= 11 is 0. The van der Waals surface area contributed by atoms with E-state index in [4.69, 9.17) is 20.5 Å². The zero-order valence-electron chi connectivity index (χ0n) is 11.4. The highest BCUT2D eigenvalue weighted by Gasteiger charge is 2.19. The van der Waals surface area contributed by atoms with Crippen molar-refractivity contribution in [1.29, 1.82) is 5.26 Å². The van der Waals surface area contributed by atoms with E-state index in [1.54, 1.807) is 26.0 Å². The number of esters is 1. The first-order chi connectivity index (χ1) is 8.89. The Labute approximate surface area is 112 Å². The van der Waals surface area contributed by atoms with E-state index in [0.29, 0.717) is 17.9 Å². The minimum Gasteiger partial charge on any atom is -0.496 e. The molecule has 0 unspecified atom stereocenters. The normalized spacial score (nSPS) is 10.6. The molecule has 1 aromatic rings. The zero-order valence-corrected chi connectivity index (χ0v) is 11.4. The van der Waals surface area contributed by atoms with Crippen LogP contribution in [0.3, 0.4) is 0 Å². The van der Waals surface area contributed by atoms with E-state index in [0.717, 1.165) is 0 Å². The molecule has 0 aliphatic rings. The lowest BCUT2D eigenvalue weighted by atomic mass is 9.92. The summed E-state index contributed by atoms with van der Waals surface area (Å²) in [7, 11) is 1.47.